The maximum Gasteiger partial charge on any atom is 0.148 e. The second kappa shape index (κ2) is 6.30. The summed E-state index contributed by atoms with van der Waals surface area (Å²) in [7, 11) is 0. The van der Waals surface area contributed by atoms with Crippen molar-refractivity contribution in [2.24, 2.45) is 0 Å². The number of anilines is 1. The standard InChI is InChI=1S/C14H22N4O/c1-2-11(3-1)13-4-5-14(18-17-13)16-7-6-12-10-15-8-9-19-12/h4-5,11-12,15H,1-3,6-10H2,(H,16,18). The van der Waals surface area contributed by atoms with Crippen LogP contribution in [0, 0.1) is 0 Å². The van der Waals surface area contributed by atoms with E-state index in [4.69, 9.17) is 4.74 Å². The van der Waals surface area contributed by atoms with Crippen LogP contribution in [0.2, 0.25) is 0 Å². The molecular weight excluding hydrogens is 240 g/mol. The van der Waals surface area contributed by atoms with E-state index in [2.05, 4.69) is 26.9 Å². The zero-order chi connectivity index (χ0) is 12.9. The molecule has 0 aromatic carbocycles. The fourth-order valence-electron chi connectivity index (χ4n) is 2.52. The second-order valence-corrected chi connectivity index (χ2v) is 5.38. The van der Waals surface area contributed by atoms with E-state index >= 15 is 0 Å². The highest BCUT2D eigenvalue weighted by Gasteiger charge is 2.21. The number of aromatic nitrogens is 2. The minimum absolute atomic E-state index is 0.323. The molecular formula is C14H22N4O. The van der Waals surface area contributed by atoms with Gasteiger partial charge < -0.3 is 15.4 Å². The van der Waals surface area contributed by atoms with Crippen molar-refractivity contribution in [2.75, 3.05) is 31.6 Å². The van der Waals surface area contributed by atoms with E-state index in [0.29, 0.717) is 12.0 Å². The van der Waals surface area contributed by atoms with Crippen LogP contribution in [0.15, 0.2) is 12.1 Å². The largest absolute Gasteiger partial charge is 0.376 e. The van der Waals surface area contributed by atoms with Gasteiger partial charge in [0.2, 0.25) is 0 Å². The van der Waals surface area contributed by atoms with Crippen LogP contribution in [0.3, 0.4) is 0 Å². The van der Waals surface area contributed by atoms with Crippen molar-refractivity contribution in [3.8, 4) is 0 Å². The Balaban J connectivity index is 1.41. The van der Waals surface area contributed by atoms with Crippen molar-refractivity contribution in [3.63, 3.8) is 0 Å². The molecule has 3 rings (SSSR count). The van der Waals surface area contributed by atoms with Crippen molar-refractivity contribution < 1.29 is 4.74 Å². The molecule has 1 saturated carbocycles. The van der Waals surface area contributed by atoms with E-state index in [9.17, 15) is 0 Å². The average Bonchev–Trinajstić information content (AvgIpc) is 2.40. The normalized spacial score (nSPS) is 23.9. The highest BCUT2D eigenvalue weighted by molar-refractivity contribution is 5.33. The van der Waals surface area contributed by atoms with Crippen LogP contribution < -0.4 is 10.6 Å². The predicted molar refractivity (Wildman–Crippen MR) is 74.3 cm³/mol. The van der Waals surface area contributed by atoms with Crippen molar-refractivity contribution in [1.29, 1.82) is 0 Å². The number of morpholine rings is 1. The third-order valence-corrected chi connectivity index (χ3v) is 3.99. The fourth-order valence-corrected chi connectivity index (χ4v) is 2.52. The Bertz CT molecular complexity index is 385. The predicted octanol–water partition coefficient (Wildman–Crippen LogP) is 1.53. The number of nitrogens with one attached hydrogen (secondary N) is 2. The summed E-state index contributed by atoms with van der Waals surface area (Å²) < 4.78 is 5.65. The fraction of sp³-hybridized carbons (Fsp3) is 0.714. The smallest absolute Gasteiger partial charge is 0.148 e. The third-order valence-electron chi connectivity index (χ3n) is 3.99. The Morgan fingerprint density at radius 3 is 2.89 bits per heavy atom. The number of hydrogen-bond acceptors (Lipinski definition) is 5. The molecule has 2 N–H and O–H groups in total. The van der Waals surface area contributed by atoms with Gasteiger partial charge in [-0.1, -0.05) is 6.42 Å². The Morgan fingerprint density at radius 1 is 1.32 bits per heavy atom. The molecule has 104 valence electrons. The molecule has 1 aromatic rings. The summed E-state index contributed by atoms with van der Waals surface area (Å²) in [5.74, 6) is 1.52. The van der Waals surface area contributed by atoms with Crippen LogP contribution in [0.1, 0.15) is 37.3 Å². The lowest BCUT2D eigenvalue weighted by Gasteiger charge is -2.24. The van der Waals surface area contributed by atoms with Gasteiger partial charge >= 0.3 is 0 Å². The van der Waals surface area contributed by atoms with E-state index in [0.717, 1.165) is 44.2 Å². The Hall–Kier alpha value is -1.20. The van der Waals surface area contributed by atoms with Crippen LogP contribution in [0.4, 0.5) is 5.82 Å². The van der Waals surface area contributed by atoms with Crippen molar-refractivity contribution in [1.82, 2.24) is 15.5 Å². The summed E-state index contributed by atoms with van der Waals surface area (Å²) in [6.07, 6.45) is 5.20. The zero-order valence-corrected chi connectivity index (χ0v) is 11.3. The van der Waals surface area contributed by atoms with Gasteiger partial charge in [0.05, 0.1) is 18.4 Å². The van der Waals surface area contributed by atoms with E-state index in [1.807, 2.05) is 6.07 Å². The molecule has 1 aromatic heterocycles. The van der Waals surface area contributed by atoms with Gasteiger partial charge in [0, 0.05) is 25.6 Å². The first-order valence-corrected chi connectivity index (χ1v) is 7.31. The topological polar surface area (TPSA) is 59.1 Å². The average molecular weight is 262 g/mol. The Morgan fingerprint density at radius 2 is 2.26 bits per heavy atom. The van der Waals surface area contributed by atoms with Crippen LogP contribution in [-0.4, -0.2) is 42.5 Å². The summed E-state index contributed by atoms with van der Waals surface area (Å²) in [6.45, 7) is 3.62. The minimum atomic E-state index is 0.323. The molecule has 19 heavy (non-hydrogen) atoms. The van der Waals surface area contributed by atoms with Crippen LogP contribution >= 0.6 is 0 Å². The molecule has 5 nitrogen and oxygen atoms in total. The maximum absolute atomic E-state index is 5.65. The molecule has 0 amide bonds. The SMILES string of the molecule is c1cc(C2CCC2)nnc1NCCC1CNCCO1. The molecule has 2 heterocycles. The molecule has 2 fully saturated rings. The number of nitrogens with zero attached hydrogens (tertiary/aromatic N) is 2. The van der Waals surface area contributed by atoms with Gasteiger partial charge in [0.15, 0.2) is 0 Å². The molecule has 0 spiro atoms. The molecule has 2 aliphatic rings. The maximum atomic E-state index is 5.65. The quantitative estimate of drug-likeness (QED) is 0.843. The summed E-state index contributed by atoms with van der Waals surface area (Å²) in [6, 6.07) is 4.15. The van der Waals surface area contributed by atoms with E-state index in [-0.39, 0.29) is 0 Å². The summed E-state index contributed by atoms with van der Waals surface area (Å²) in [5, 5.41) is 15.2. The molecule has 1 aliphatic carbocycles. The summed E-state index contributed by atoms with van der Waals surface area (Å²) in [4.78, 5) is 0. The highest BCUT2D eigenvalue weighted by Crippen LogP contribution is 2.34. The molecule has 1 atom stereocenters. The van der Waals surface area contributed by atoms with Gasteiger partial charge in [-0.15, -0.1) is 5.10 Å². The molecule has 0 bridgehead atoms. The van der Waals surface area contributed by atoms with Gasteiger partial charge in [0.1, 0.15) is 5.82 Å². The number of rotatable bonds is 5. The summed E-state index contributed by atoms with van der Waals surface area (Å²) >= 11 is 0. The number of ether oxygens (including phenoxy) is 1. The second-order valence-electron chi connectivity index (χ2n) is 5.38. The zero-order valence-electron chi connectivity index (χ0n) is 11.3. The summed E-state index contributed by atoms with van der Waals surface area (Å²) in [5.41, 5.74) is 1.15. The van der Waals surface area contributed by atoms with Gasteiger partial charge in [-0.3, -0.25) is 0 Å². The van der Waals surface area contributed by atoms with Gasteiger partial charge in [0.25, 0.3) is 0 Å². The van der Waals surface area contributed by atoms with Crippen molar-refractivity contribution >= 4 is 5.82 Å². The Kier molecular flexibility index (Phi) is 4.25. The van der Waals surface area contributed by atoms with Gasteiger partial charge in [-0.2, -0.15) is 5.10 Å². The first kappa shape index (κ1) is 12.8. The van der Waals surface area contributed by atoms with Crippen LogP contribution in [0.25, 0.3) is 0 Å². The molecule has 1 unspecified atom stereocenters. The Labute approximate surface area is 114 Å². The molecule has 0 radical (unpaired) electrons. The number of hydrogen-bond donors (Lipinski definition) is 2. The van der Waals surface area contributed by atoms with Gasteiger partial charge in [-0.25, -0.2) is 0 Å². The lowest BCUT2D eigenvalue weighted by atomic mass is 9.83. The lowest BCUT2D eigenvalue weighted by Crippen LogP contribution is -2.39. The van der Waals surface area contributed by atoms with Gasteiger partial charge in [-0.05, 0) is 31.4 Å². The first-order chi connectivity index (χ1) is 9.42. The van der Waals surface area contributed by atoms with E-state index in [1.165, 1.54) is 19.3 Å². The third kappa shape index (κ3) is 3.42. The first-order valence-electron chi connectivity index (χ1n) is 7.31. The molecule has 1 aliphatic heterocycles. The van der Waals surface area contributed by atoms with E-state index < -0.39 is 0 Å². The monoisotopic (exact) mass is 262 g/mol. The van der Waals surface area contributed by atoms with Crippen molar-refractivity contribution in [2.45, 2.75) is 37.7 Å². The van der Waals surface area contributed by atoms with Crippen molar-refractivity contribution in [3.05, 3.63) is 17.8 Å². The molecule has 5 heteroatoms. The lowest BCUT2D eigenvalue weighted by molar-refractivity contribution is 0.0258. The van der Waals surface area contributed by atoms with Crippen LogP contribution in [-0.2, 0) is 4.74 Å². The molecule has 1 saturated heterocycles. The highest BCUT2D eigenvalue weighted by atomic mass is 16.5. The van der Waals surface area contributed by atoms with Crippen LogP contribution in [0.5, 0.6) is 0 Å². The minimum Gasteiger partial charge on any atom is -0.376 e. The van der Waals surface area contributed by atoms with E-state index in [1.54, 1.807) is 0 Å².